The lowest BCUT2D eigenvalue weighted by Gasteiger charge is -2.30. The van der Waals surface area contributed by atoms with E-state index in [2.05, 4.69) is 52.1 Å². The summed E-state index contributed by atoms with van der Waals surface area (Å²) < 4.78 is 7.02. The molecule has 25 heavy (non-hydrogen) atoms. The van der Waals surface area contributed by atoms with Gasteiger partial charge in [-0.25, -0.2) is 9.97 Å². The van der Waals surface area contributed by atoms with Gasteiger partial charge >= 0.3 is 0 Å². The van der Waals surface area contributed by atoms with Gasteiger partial charge in [0.05, 0.1) is 11.1 Å². The number of hydrogen-bond acceptors (Lipinski definition) is 6. The van der Waals surface area contributed by atoms with E-state index in [1.165, 1.54) is 12.4 Å². The van der Waals surface area contributed by atoms with Gasteiger partial charge in [-0.2, -0.15) is 0 Å². The molecule has 0 aliphatic carbocycles. The Bertz CT molecular complexity index is 841. The van der Waals surface area contributed by atoms with E-state index in [1.807, 2.05) is 19.1 Å². The van der Waals surface area contributed by atoms with E-state index < -0.39 is 11.4 Å². The van der Waals surface area contributed by atoms with E-state index in [0.717, 1.165) is 10.0 Å². The molecule has 2 heterocycles. The zero-order valence-electron chi connectivity index (χ0n) is 13.3. The van der Waals surface area contributed by atoms with Gasteiger partial charge in [-0.15, -0.1) is 0 Å². The lowest BCUT2D eigenvalue weighted by Crippen LogP contribution is -2.37. The zero-order chi connectivity index (χ0) is 18.0. The van der Waals surface area contributed by atoms with Crippen LogP contribution >= 0.6 is 31.9 Å². The highest BCUT2D eigenvalue weighted by Crippen LogP contribution is 2.32. The summed E-state index contributed by atoms with van der Waals surface area (Å²) in [5.74, 6) is 0.131. The predicted octanol–water partition coefficient (Wildman–Crippen LogP) is 2.86. The number of anilines is 1. The lowest BCUT2D eigenvalue weighted by molar-refractivity contribution is 0.101. The van der Waals surface area contributed by atoms with Crippen LogP contribution in [0.25, 0.3) is 0 Å². The minimum absolute atomic E-state index is 0.0826. The summed E-state index contributed by atoms with van der Waals surface area (Å²) >= 11 is 6.70. The van der Waals surface area contributed by atoms with Crippen molar-refractivity contribution in [3.05, 3.63) is 50.9 Å². The molecule has 1 aromatic heterocycles. The number of amidine groups is 1. The van der Waals surface area contributed by atoms with Crippen LogP contribution in [0, 0.1) is 0 Å². The zero-order valence-corrected chi connectivity index (χ0v) is 16.5. The number of benzene rings is 1. The maximum Gasteiger partial charge on any atom is 0.293 e. The summed E-state index contributed by atoms with van der Waals surface area (Å²) in [5.41, 5.74) is 6.67. The fourth-order valence-electron chi connectivity index (χ4n) is 2.47. The van der Waals surface area contributed by atoms with Gasteiger partial charge in [0.25, 0.3) is 5.91 Å². The van der Waals surface area contributed by atoms with E-state index in [-0.39, 0.29) is 5.82 Å². The van der Waals surface area contributed by atoms with Gasteiger partial charge in [0.15, 0.2) is 0 Å². The standard InChI is InChI=1S/C16H15Br2N5O2/c1-16(8-25-7-13(19)23-16)9-2-10(17)4-12(3-9)22-15(24)14-20-5-11(18)6-21-14/h2-6H,7-8H2,1H3,(H2,19,23)(H,22,24)/t16-/m0/s1. The molecule has 0 unspecified atom stereocenters. The minimum atomic E-state index is -0.611. The highest BCUT2D eigenvalue weighted by atomic mass is 79.9. The Balaban J connectivity index is 1.88. The number of halogens is 2. The Labute approximate surface area is 161 Å². The molecule has 130 valence electrons. The minimum Gasteiger partial charge on any atom is -0.386 e. The Kier molecular flexibility index (Phi) is 5.16. The number of nitrogens with two attached hydrogens (primary N) is 1. The number of ether oxygens (including phenoxy) is 1. The van der Waals surface area contributed by atoms with E-state index in [4.69, 9.17) is 10.5 Å². The van der Waals surface area contributed by atoms with Crippen molar-refractivity contribution in [2.24, 2.45) is 10.7 Å². The number of nitrogens with one attached hydrogen (secondary N) is 1. The van der Waals surface area contributed by atoms with Crippen LogP contribution < -0.4 is 11.1 Å². The molecule has 0 spiro atoms. The van der Waals surface area contributed by atoms with Gasteiger partial charge in [-0.1, -0.05) is 15.9 Å². The molecule has 0 saturated heterocycles. The van der Waals surface area contributed by atoms with E-state index in [1.54, 1.807) is 6.07 Å². The molecule has 1 aliphatic rings. The molecule has 3 rings (SSSR count). The molecular formula is C16H15Br2N5O2. The second-order valence-electron chi connectivity index (χ2n) is 5.78. The molecule has 2 aromatic rings. The molecule has 0 radical (unpaired) electrons. The summed E-state index contributed by atoms with van der Waals surface area (Å²) in [6.07, 6.45) is 3.04. The third kappa shape index (κ3) is 4.23. The number of amides is 1. The second kappa shape index (κ2) is 7.19. The van der Waals surface area contributed by atoms with E-state index in [0.29, 0.717) is 29.2 Å². The molecule has 1 amide bonds. The van der Waals surface area contributed by atoms with Crippen molar-refractivity contribution in [3.8, 4) is 0 Å². The first-order chi connectivity index (χ1) is 11.9. The number of aromatic nitrogens is 2. The first kappa shape index (κ1) is 18.0. The van der Waals surface area contributed by atoms with E-state index >= 15 is 0 Å². The highest BCUT2D eigenvalue weighted by molar-refractivity contribution is 9.10. The summed E-state index contributed by atoms with van der Waals surface area (Å²) in [5, 5.41) is 2.80. The monoisotopic (exact) mass is 467 g/mol. The predicted molar refractivity (Wildman–Crippen MR) is 102 cm³/mol. The molecule has 9 heteroatoms. The fourth-order valence-corrected chi connectivity index (χ4v) is 3.17. The maximum atomic E-state index is 12.3. The van der Waals surface area contributed by atoms with Crippen molar-refractivity contribution in [2.75, 3.05) is 18.5 Å². The van der Waals surface area contributed by atoms with Crippen molar-refractivity contribution < 1.29 is 9.53 Å². The van der Waals surface area contributed by atoms with Crippen LogP contribution in [0.3, 0.4) is 0 Å². The quantitative estimate of drug-likeness (QED) is 0.720. The normalized spacial score (nSPS) is 20.0. The number of carbonyl (C=O) groups excluding carboxylic acids is 1. The molecule has 0 fully saturated rings. The van der Waals surface area contributed by atoms with Gasteiger partial charge in [0, 0.05) is 22.6 Å². The Morgan fingerprint density at radius 2 is 1.96 bits per heavy atom. The summed E-state index contributed by atoms with van der Waals surface area (Å²) in [4.78, 5) is 24.8. The topological polar surface area (TPSA) is 102 Å². The number of hydrogen-bond donors (Lipinski definition) is 2. The highest BCUT2D eigenvalue weighted by Gasteiger charge is 2.30. The average Bonchev–Trinajstić information content (AvgIpc) is 2.54. The molecule has 7 nitrogen and oxygen atoms in total. The molecule has 1 aliphatic heterocycles. The smallest absolute Gasteiger partial charge is 0.293 e. The van der Waals surface area contributed by atoms with Gasteiger partial charge in [-0.05, 0) is 46.6 Å². The second-order valence-corrected chi connectivity index (χ2v) is 7.61. The Morgan fingerprint density at radius 1 is 1.24 bits per heavy atom. The largest absolute Gasteiger partial charge is 0.386 e. The molecular weight excluding hydrogens is 454 g/mol. The van der Waals surface area contributed by atoms with Crippen LogP contribution in [-0.2, 0) is 10.3 Å². The van der Waals surface area contributed by atoms with Gasteiger partial charge in [0.2, 0.25) is 5.82 Å². The van der Waals surface area contributed by atoms with Crippen LogP contribution in [0.5, 0.6) is 0 Å². The van der Waals surface area contributed by atoms with Crippen molar-refractivity contribution in [2.45, 2.75) is 12.5 Å². The van der Waals surface area contributed by atoms with E-state index in [9.17, 15) is 4.79 Å². The van der Waals surface area contributed by atoms with Crippen molar-refractivity contribution in [1.82, 2.24) is 9.97 Å². The maximum absolute atomic E-state index is 12.3. The van der Waals surface area contributed by atoms with Gasteiger partial charge < -0.3 is 15.8 Å². The van der Waals surface area contributed by atoms with Crippen LogP contribution in [0.15, 0.2) is 44.5 Å². The molecule has 0 bridgehead atoms. The summed E-state index contributed by atoms with van der Waals surface area (Å²) in [6.45, 7) is 2.67. The van der Waals surface area contributed by atoms with Gasteiger partial charge in [-0.3, -0.25) is 9.79 Å². The lowest BCUT2D eigenvalue weighted by atomic mass is 9.92. The SMILES string of the molecule is C[C@@]1(c2cc(Br)cc(NC(=O)c3ncc(Br)cn3)c2)COCC(N)=N1. The first-order valence-corrected chi connectivity index (χ1v) is 8.96. The van der Waals surface area contributed by atoms with Crippen LogP contribution in [0.2, 0.25) is 0 Å². The number of aliphatic imine (C=N–C) groups is 1. The summed E-state index contributed by atoms with van der Waals surface area (Å²) in [6, 6.07) is 5.56. The first-order valence-electron chi connectivity index (χ1n) is 7.38. The Hall–Kier alpha value is -1.84. The third-order valence-electron chi connectivity index (χ3n) is 3.62. The number of nitrogens with zero attached hydrogens (tertiary/aromatic N) is 3. The van der Waals surface area contributed by atoms with Crippen LogP contribution in [-0.4, -0.2) is 34.9 Å². The van der Waals surface area contributed by atoms with Crippen molar-refractivity contribution in [1.29, 1.82) is 0 Å². The molecule has 1 atom stereocenters. The molecule has 1 aromatic carbocycles. The summed E-state index contributed by atoms with van der Waals surface area (Å²) in [7, 11) is 0. The van der Waals surface area contributed by atoms with Gasteiger partial charge in [0.1, 0.15) is 18.0 Å². The fraction of sp³-hybridized carbons (Fsp3) is 0.250. The van der Waals surface area contributed by atoms with Crippen LogP contribution in [0.4, 0.5) is 5.69 Å². The average molecular weight is 469 g/mol. The number of carbonyl (C=O) groups is 1. The number of rotatable bonds is 3. The van der Waals surface area contributed by atoms with Crippen LogP contribution in [0.1, 0.15) is 23.1 Å². The Morgan fingerprint density at radius 3 is 2.64 bits per heavy atom. The molecule has 0 saturated carbocycles. The molecule has 3 N–H and O–H groups in total. The third-order valence-corrected chi connectivity index (χ3v) is 4.49. The van der Waals surface area contributed by atoms with Crippen molar-refractivity contribution in [3.63, 3.8) is 0 Å². The van der Waals surface area contributed by atoms with Crippen molar-refractivity contribution >= 4 is 49.3 Å².